The second kappa shape index (κ2) is 8.15. The number of benzene rings is 1. The molecule has 0 radical (unpaired) electrons. The summed E-state index contributed by atoms with van der Waals surface area (Å²) in [5.41, 5.74) is 1.28. The normalized spacial score (nSPS) is 14.2. The maximum absolute atomic E-state index is 5.98. The predicted octanol–water partition coefficient (Wildman–Crippen LogP) is 4.17. The van der Waals surface area contributed by atoms with E-state index in [4.69, 9.17) is 4.74 Å². The fourth-order valence-electron chi connectivity index (χ4n) is 1.97. The molecule has 2 heteroatoms. The van der Waals surface area contributed by atoms with Crippen LogP contribution in [-0.2, 0) is 0 Å². The summed E-state index contributed by atoms with van der Waals surface area (Å²) in [6.07, 6.45) is 2.24. The molecule has 2 atom stereocenters. The van der Waals surface area contributed by atoms with Crippen LogP contribution < -0.4 is 10.1 Å². The van der Waals surface area contributed by atoms with Crippen LogP contribution in [0.1, 0.15) is 52.1 Å². The first kappa shape index (κ1) is 15.0. The molecular weight excluding hydrogens is 222 g/mol. The van der Waals surface area contributed by atoms with Crippen LogP contribution in [0.15, 0.2) is 24.3 Å². The van der Waals surface area contributed by atoms with E-state index in [9.17, 15) is 0 Å². The molecule has 1 aromatic carbocycles. The first-order valence-electron chi connectivity index (χ1n) is 7.17. The molecular formula is C16H27NO. The molecule has 1 rings (SSSR count). The molecule has 2 nitrogen and oxygen atoms in total. The summed E-state index contributed by atoms with van der Waals surface area (Å²) >= 11 is 0. The Morgan fingerprint density at radius 2 is 1.83 bits per heavy atom. The highest BCUT2D eigenvalue weighted by Gasteiger charge is 2.13. The van der Waals surface area contributed by atoms with Gasteiger partial charge in [0.05, 0.1) is 6.61 Å². The number of hydrogen-bond acceptors (Lipinski definition) is 2. The van der Waals surface area contributed by atoms with Crippen LogP contribution in [0.2, 0.25) is 0 Å². The Labute approximate surface area is 112 Å². The molecule has 1 N–H and O–H groups in total. The maximum atomic E-state index is 5.98. The van der Waals surface area contributed by atoms with Gasteiger partial charge in [0.1, 0.15) is 5.75 Å². The average molecular weight is 249 g/mol. The van der Waals surface area contributed by atoms with Gasteiger partial charge in [-0.3, -0.25) is 0 Å². The van der Waals surface area contributed by atoms with Gasteiger partial charge >= 0.3 is 0 Å². The third-order valence-corrected chi connectivity index (χ3v) is 3.37. The van der Waals surface area contributed by atoms with E-state index in [0.717, 1.165) is 31.7 Å². The zero-order valence-corrected chi connectivity index (χ0v) is 12.2. The van der Waals surface area contributed by atoms with Gasteiger partial charge in [0.25, 0.3) is 0 Å². The summed E-state index contributed by atoms with van der Waals surface area (Å²) in [6.45, 7) is 10.6. The van der Waals surface area contributed by atoms with E-state index >= 15 is 0 Å². The lowest BCUT2D eigenvalue weighted by molar-refractivity contribution is 0.252. The Morgan fingerprint density at radius 1 is 1.11 bits per heavy atom. The topological polar surface area (TPSA) is 21.3 Å². The lowest BCUT2D eigenvalue weighted by Gasteiger charge is -2.21. The fraction of sp³-hybridized carbons (Fsp3) is 0.625. The van der Waals surface area contributed by atoms with E-state index in [1.54, 1.807) is 0 Å². The molecule has 0 bridgehead atoms. The molecule has 0 amide bonds. The van der Waals surface area contributed by atoms with Gasteiger partial charge in [-0.1, -0.05) is 52.3 Å². The van der Waals surface area contributed by atoms with Crippen LogP contribution >= 0.6 is 0 Å². The zero-order valence-electron chi connectivity index (χ0n) is 12.2. The Kier molecular flexibility index (Phi) is 6.81. The predicted molar refractivity (Wildman–Crippen MR) is 78.1 cm³/mol. The Bertz CT molecular complexity index is 338. The Hall–Kier alpha value is -1.02. The van der Waals surface area contributed by atoms with Crippen molar-refractivity contribution in [3.05, 3.63) is 29.8 Å². The molecule has 0 aliphatic heterocycles. The van der Waals surface area contributed by atoms with Crippen molar-refractivity contribution >= 4 is 0 Å². The summed E-state index contributed by atoms with van der Waals surface area (Å²) < 4.78 is 5.98. The summed E-state index contributed by atoms with van der Waals surface area (Å²) in [5, 5.41) is 3.51. The van der Waals surface area contributed by atoms with Crippen molar-refractivity contribution in [2.45, 2.75) is 46.6 Å². The highest BCUT2D eigenvalue weighted by Crippen LogP contribution is 2.27. The van der Waals surface area contributed by atoms with Gasteiger partial charge in [0.2, 0.25) is 0 Å². The smallest absolute Gasteiger partial charge is 0.124 e. The zero-order chi connectivity index (χ0) is 13.4. The van der Waals surface area contributed by atoms with Crippen LogP contribution in [0.3, 0.4) is 0 Å². The number of nitrogens with one attached hydrogen (secondary N) is 1. The number of para-hydroxylation sites is 1. The summed E-state index contributed by atoms with van der Waals surface area (Å²) in [6, 6.07) is 8.78. The van der Waals surface area contributed by atoms with Gasteiger partial charge in [-0.05, 0) is 24.9 Å². The minimum Gasteiger partial charge on any atom is -0.493 e. The molecule has 0 saturated heterocycles. The third-order valence-electron chi connectivity index (χ3n) is 3.37. The number of rotatable bonds is 8. The number of ether oxygens (including phenoxy) is 1. The van der Waals surface area contributed by atoms with Gasteiger partial charge in [-0.25, -0.2) is 0 Å². The van der Waals surface area contributed by atoms with Crippen LogP contribution in [0.4, 0.5) is 0 Å². The maximum Gasteiger partial charge on any atom is 0.124 e. The van der Waals surface area contributed by atoms with Crippen molar-refractivity contribution in [3.63, 3.8) is 0 Å². The first-order chi connectivity index (χ1) is 8.72. The third kappa shape index (κ3) is 4.34. The second-order valence-electron chi connectivity index (χ2n) is 4.88. The van der Waals surface area contributed by atoms with Crippen molar-refractivity contribution in [1.29, 1.82) is 0 Å². The molecule has 0 aliphatic carbocycles. The lowest BCUT2D eigenvalue weighted by Crippen LogP contribution is -2.21. The molecule has 0 heterocycles. The van der Waals surface area contributed by atoms with Crippen LogP contribution in [0.25, 0.3) is 0 Å². The van der Waals surface area contributed by atoms with Crippen LogP contribution in [0.5, 0.6) is 5.75 Å². The van der Waals surface area contributed by atoms with Crippen LogP contribution in [-0.4, -0.2) is 13.2 Å². The molecule has 0 fully saturated rings. The van der Waals surface area contributed by atoms with Gasteiger partial charge in [0.15, 0.2) is 0 Å². The quantitative estimate of drug-likeness (QED) is 0.746. The average Bonchev–Trinajstić information content (AvgIpc) is 2.42. The van der Waals surface area contributed by atoms with Gasteiger partial charge in [-0.15, -0.1) is 0 Å². The molecule has 0 saturated carbocycles. The van der Waals surface area contributed by atoms with Crippen molar-refractivity contribution in [1.82, 2.24) is 5.32 Å². The lowest BCUT2D eigenvalue weighted by atomic mass is 10.0. The van der Waals surface area contributed by atoms with E-state index in [0.29, 0.717) is 12.0 Å². The van der Waals surface area contributed by atoms with Crippen molar-refractivity contribution < 1.29 is 4.74 Å². The fourth-order valence-corrected chi connectivity index (χ4v) is 1.97. The first-order valence-corrected chi connectivity index (χ1v) is 7.17. The minimum atomic E-state index is 0.392. The second-order valence-corrected chi connectivity index (χ2v) is 4.88. The van der Waals surface area contributed by atoms with E-state index < -0.39 is 0 Å². The Balaban J connectivity index is 2.77. The molecule has 102 valence electrons. The molecule has 2 unspecified atom stereocenters. The summed E-state index contributed by atoms with van der Waals surface area (Å²) in [4.78, 5) is 0. The van der Waals surface area contributed by atoms with Gasteiger partial charge < -0.3 is 10.1 Å². The molecule has 18 heavy (non-hydrogen) atoms. The van der Waals surface area contributed by atoms with E-state index in [-0.39, 0.29) is 0 Å². The standard InChI is InChI=1S/C16H27NO/c1-5-13(4)12-18-16-11-9-8-10-14(16)15(6-2)17-7-3/h8-11,13,15,17H,5-7,12H2,1-4H3. The van der Waals surface area contributed by atoms with Gasteiger partial charge in [-0.2, -0.15) is 0 Å². The highest BCUT2D eigenvalue weighted by atomic mass is 16.5. The summed E-state index contributed by atoms with van der Waals surface area (Å²) in [5.74, 6) is 1.64. The Morgan fingerprint density at radius 3 is 2.44 bits per heavy atom. The molecule has 1 aromatic rings. The minimum absolute atomic E-state index is 0.392. The van der Waals surface area contributed by atoms with Crippen molar-refractivity contribution in [2.24, 2.45) is 5.92 Å². The van der Waals surface area contributed by atoms with Crippen molar-refractivity contribution in [3.8, 4) is 5.75 Å². The molecule has 0 aromatic heterocycles. The molecule has 0 aliphatic rings. The number of hydrogen-bond donors (Lipinski definition) is 1. The van der Waals surface area contributed by atoms with Crippen molar-refractivity contribution in [2.75, 3.05) is 13.2 Å². The largest absolute Gasteiger partial charge is 0.493 e. The van der Waals surface area contributed by atoms with Crippen LogP contribution in [0, 0.1) is 5.92 Å². The highest BCUT2D eigenvalue weighted by molar-refractivity contribution is 5.35. The van der Waals surface area contributed by atoms with E-state index in [1.807, 2.05) is 6.07 Å². The van der Waals surface area contributed by atoms with Gasteiger partial charge in [0, 0.05) is 11.6 Å². The summed E-state index contributed by atoms with van der Waals surface area (Å²) in [7, 11) is 0. The van der Waals surface area contributed by atoms with E-state index in [2.05, 4.69) is 51.2 Å². The van der Waals surface area contributed by atoms with E-state index in [1.165, 1.54) is 5.56 Å². The monoisotopic (exact) mass is 249 g/mol. The SMILES string of the molecule is CCNC(CC)c1ccccc1OCC(C)CC. The molecule has 0 spiro atoms.